The fourth-order valence-electron chi connectivity index (χ4n) is 2.36. The highest BCUT2D eigenvalue weighted by Crippen LogP contribution is 2.17. The molecule has 1 atom stereocenters. The van der Waals surface area contributed by atoms with E-state index in [9.17, 15) is 4.79 Å². The molecule has 1 saturated heterocycles. The summed E-state index contributed by atoms with van der Waals surface area (Å²) in [4.78, 5) is 17.3. The molecule has 0 aliphatic carbocycles. The molecule has 0 saturated carbocycles. The highest BCUT2D eigenvalue weighted by Gasteiger charge is 2.18. The lowest BCUT2D eigenvalue weighted by Crippen LogP contribution is -2.23. The number of hydrogen-bond acceptors (Lipinski definition) is 4. The molecule has 18 heavy (non-hydrogen) atoms. The molecule has 0 amide bonds. The van der Waals surface area contributed by atoms with Gasteiger partial charge in [-0.05, 0) is 19.3 Å². The van der Waals surface area contributed by atoms with Crippen molar-refractivity contribution in [3.05, 3.63) is 23.5 Å². The summed E-state index contributed by atoms with van der Waals surface area (Å²) < 4.78 is 7.55. The summed E-state index contributed by atoms with van der Waals surface area (Å²) >= 11 is 1.59. The molecule has 1 unspecified atom stereocenters. The molecule has 1 aliphatic rings. The number of hydrogen-bond donors (Lipinski definition) is 0. The molecular formula is C13H16N2O2S. The minimum Gasteiger partial charge on any atom is -0.378 e. The van der Waals surface area contributed by atoms with Gasteiger partial charge in [-0.2, -0.15) is 0 Å². The van der Waals surface area contributed by atoms with Gasteiger partial charge in [-0.15, -0.1) is 11.3 Å². The van der Waals surface area contributed by atoms with Gasteiger partial charge in [0.1, 0.15) is 5.78 Å². The van der Waals surface area contributed by atoms with Gasteiger partial charge in [-0.25, -0.2) is 4.98 Å². The molecular weight excluding hydrogens is 248 g/mol. The van der Waals surface area contributed by atoms with Crippen LogP contribution in [0.5, 0.6) is 0 Å². The second-order valence-corrected chi connectivity index (χ2v) is 5.61. The predicted molar refractivity (Wildman–Crippen MR) is 70.0 cm³/mol. The van der Waals surface area contributed by atoms with E-state index >= 15 is 0 Å². The van der Waals surface area contributed by atoms with Gasteiger partial charge >= 0.3 is 0 Å². The molecule has 2 aromatic rings. The Labute approximate surface area is 110 Å². The van der Waals surface area contributed by atoms with Gasteiger partial charge in [0.2, 0.25) is 0 Å². The van der Waals surface area contributed by atoms with E-state index in [4.69, 9.17) is 4.74 Å². The molecule has 4 nitrogen and oxygen atoms in total. The fourth-order valence-corrected chi connectivity index (χ4v) is 3.08. The Morgan fingerprint density at radius 3 is 3.28 bits per heavy atom. The maximum atomic E-state index is 12.0. The molecule has 3 rings (SSSR count). The number of aromatic nitrogens is 2. The highest BCUT2D eigenvalue weighted by atomic mass is 32.1. The SMILES string of the molecule is O=C(Cc1cn2ccsc2n1)CC1CCCCO1. The molecule has 0 bridgehead atoms. The van der Waals surface area contributed by atoms with Crippen LogP contribution in [-0.2, 0) is 16.0 Å². The Morgan fingerprint density at radius 2 is 2.50 bits per heavy atom. The topological polar surface area (TPSA) is 43.6 Å². The van der Waals surface area contributed by atoms with Crippen molar-refractivity contribution in [1.29, 1.82) is 0 Å². The number of carbonyl (C=O) groups is 1. The standard InChI is InChI=1S/C13H16N2O2S/c16-11(8-12-3-1-2-5-17-12)7-10-9-15-4-6-18-13(15)14-10/h4,6,9,12H,1-3,5,7-8H2. The molecule has 0 aromatic carbocycles. The van der Waals surface area contributed by atoms with Crippen LogP contribution in [-0.4, -0.2) is 27.9 Å². The normalized spacial score (nSPS) is 20.3. The van der Waals surface area contributed by atoms with Gasteiger partial charge in [0, 0.05) is 30.8 Å². The van der Waals surface area contributed by atoms with Crippen molar-refractivity contribution in [2.75, 3.05) is 6.61 Å². The third kappa shape index (κ3) is 2.62. The van der Waals surface area contributed by atoms with Gasteiger partial charge in [0.25, 0.3) is 0 Å². The van der Waals surface area contributed by atoms with Crippen LogP contribution in [0.3, 0.4) is 0 Å². The zero-order chi connectivity index (χ0) is 12.4. The molecule has 0 radical (unpaired) electrons. The fraction of sp³-hybridized carbons (Fsp3) is 0.538. The Hall–Kier alpha value is -1.20. The molecule has 3 heterocycles. The van der Waals surface area contributed by atoms with E-state index in [0.717, 1.165) is 30.1 Å². The van der Waals surface area contributed by atoms with Crippen LogP contribution in [0.4, 0.5) is 0 Å². The third-order valence-corrected chi connectivity index (χ3v) is 4.02. The van der Waals surface area contributed by atoms with Crippen molar-refractivity contribution in [1.82, 2.24) is 9.38 Å². The molecule has 0 N–H and O–H groups in total. The van der Waals surface area contributed by atoms with Crippen LogP contribution >= 0.6 is 11.3 Å². The Balaban J connectivity index is 1.58. The summed E-state index contributed by atoms with van der Waals surface area (Å²) in [5.41, 5.74) is 0.864. The summed E-state index contributed by atoms with van der Waals surface area (Å²) in [6, 6.07) is 0. The summed E-state index contributed by atoms with van der Waals surface area (Å²) in [6.07, 6.45) is 8.32. The summed E-state index contributed by atoms with van der Waals surface area (Å²) in [7, 11) is 0. The zero-order valence-electron chi connectivity index (χ0n) is 10.2. The number of Topliss-reactive ketones (excluding diaryl/α,β-unsaturated/α-hetero) is 1. The number of thiazole rings is 1. The van der Waals surface area contributed by atoms with Gasteiger partial charge < -0.3 is 4.74 Å². The van der Waals surface area contributed by atoms with Gasteiger partial charge in [-0.3, -0.25) is 9.20 Å². The maximum Gasteiger partial charge on any atom is 0.193 e. The van der Waals surface area contributed by atoms with E-state index in [2.05, 4.69) is 4.98 Å². The molecule has 96 valence electrons. The smallest absolute Gasteiger partial charge is 0.193 e. The Morgan fingerprint density at radius 1 is 1.56 bits per heavy atom. The molecule has 2 aromatic heterocycles. The Kier molecular flexibility index (Phi) is 3.43. The summed E-state index contributed by atoms with van der Waals surface area (Å²) in [5.74, 6) is 0.229. The first kappa shape index (κ1) is 11.9. The number of rotatable bonds is 4. The monoisotopic (exact) mass is 264 g/mol. The first-order valence-electron chi connectivity index (χ1n) is 6.35. The third-order valence-electron chi connectivity index (χ3n) is 3.25. The molecule has 1 aliphatic heterocycles. The van der Waals surface area contributed by atoms with Crippen LogP contribution < -0.4 is 0 Å². The predicted octanol–water partition coefficient (Wildman–Crippen LogP) is 2.47. The summed E-state index contributed by atoms with van der Waals surface area (Å²) in [5, 5.41) is 1.99. The lowest BCUT2D eigenvalue weighted by molar-refractivity contribution is -0.122. The van der Waals surface area contributed by atoms with E-state index in [1.165, 1.54) is 6.42 Å². The van der Waals surface area contributed by atoms with Crippen molar-refractivity contribution in [3.8, 4) is 0 Å². The van der Waals surface area contributed by atoms with Crippen LogP contribution in [0.2, 0.25) is 0 Å². The Bertz CT molecular complexity index is 511. The second kappa shape index (κ2) is 5.20. The van der Waals surface area contributed by atoms with Crippen molar-refractivity contribution in [2.24, 2.45) is 0 Å². The number of nitrogens with zero attached hydrogens (tertiary/aromatic N) is 2. The van der Waals surface area contributed by atoms with Crippen LogP contribution in [0, 0.1) is 0 Å². The second-order valence-electron chi connectivity index (χ2n) is 4.73. The minimum absolute atomic E-state index is 0.134. The average molecular weight is 264 g/mol. The molecule has 1 fully saturated rings. The van der Waals surface area contributed by atoms with E-state index in [1.54, 1.807) is 11.3 Å². The van der Waals surface area contributed by atoms with Gasteiger partial charge in [-0.1, -0.05) is 0 Å². The number of imidazole rings is 1. The maximum absolute atomic E-state index is 12.0. The van der Waals surface area contributed by atoms with E-state index < -0.39 is 0 Å². The number of fused-ring (bicyclic) bond motifs is 1. The van der Waals surface area contributed by atoms with E-state index in [0.29, 0.717) is 12.8 Å². The van der Waals surface area contributed by atoms with Gasteiger partial charge in [0.15, 0.2) is 4.96 Å². The van der Waals surface area contributed by atoms with E-state index in [-0.39, 0.29) is 11.9 Å². The molecule has 0 spiro atoms. The van der Waals surface area contributed by atoms with Crippen molar-refractivity contribution in [3.63, 3.8) is 0 Å². The number of ketones is 1. The first-order chi connectivity index (χ1) is 8.81. The largest absolute Gasteiger partial charge is 0.378 e. The van der Waals surface area contributed by atoms with Gasteiger partial charge in [0.05, 0.1) is 18.2 Å². The first-order valence-corrected chi connectivity index (χ1v) is 7.23. The summed E-state index contributed by atoms with van der Waals surface area (Å²) in [6.45, 7) is 0.804. The quantitative estimate of drug-likeness (QED) is 0.852. The van der Waals surface area contributed by atoms with Crippen LogP contribution in [0.1, 0.15) is 31.4 Å². The van der Waals surface area contributed by atoms with Crippen LogP contribution in [0.15, 0.2) is 17.8 Å². The van der Waals surface area contributed by atoms with Crippen LogP contribution in [0.25, 0.3) is 4.96 Å². The molecule has 5 heteroatoms. The zero-order valence-corrected chi connectivity index (χ0v) is 11.0. The number of ether oxygens (including phenoxy) is 1. The lowest BCUT2D eigenvalue weighted by Gasteiger charge is -2.21. The average Bonchev–Trinajstić information content (AvgIpc) is 2.90. The van der Waals surface area contributed by atoms with Crippen molar-refractivity contribution >= 4 is 22.1 Å². The van der Waals surface area contributed by atoms with E-state index in [1.807, 2.05) is 22.2 Å². The number of carbonyl (C=O) groups excluding carboxylic acids is 1. The van der Waals surface area contributed by atoms with Crippen molar-refractivity contribution < 1.29 is 9.53 Å². The highest BCUT2D eigenvalue weighted by molar-refractivity contribution is 7.15. The lowest BCUT2D eigenvalue weighted by atomic mass is 10.0. The minimum atomic E-state index is 0.134. The van der Waals surface area contributed by atoms with Crippen molar-refractivity contribution in [2.45, 2.75) is 38.2 Å².